The molecule has 0 fully saturated rings. The first kappa shape index (κ1) is 20.6. The van der Waals surface area contributed by atoms with Gasteiger partial charge in [-0.05, 0) is 55.8 Å². The monoisotopic (exact) mass is 392 g/mol. The van der Waals surface area contributed by atoms with E-state index in [1.165, 1.54) is 5.41 Å². The zero-order valence-electron chi connectivity index (χ0n) is 15.3. The van der Waals surface area contributed by atoms with E-state index in [0.717, 1.165) is 23.2 Å². The van der Waals surface area contributed by atoms with Gasteiger partial charge in [-0.15, -0.1) is 0 Å². The molecule has 0 aliphatic rings. The van der Waals surface area contributed by atoms with Gasteiger partial charge < -0.3 is 0 Å². The molecule has 1 N–H and O–H groups in total. The quantitative estimate of drug-likeness (QED) is 0.729. The van der Waals surface area contributed by atoms with E-state index in [-0.39, 0.29) is 6.54 Å². The molecule has 0 heterocycles. The normalized spacial score (nSPS) is 12.4. The second-order valence-electron chi connectivity index (χ2n) is 6.50. The minimum Gasteiger partial charge on any atom is -0.300 e. The summed E-state index contributed by atoms with van der Waals surface area (Å²) in [7, 11) is -1.47. The number of sulfonamides is 1. The molecule has 0 unspecified atom stereocenters. The summed E-state index contributed by atoms with van der Waals surface area (Å²) < 4.78 is 27.1. The highest BCUT2D eigenvalue weighted by Gasteiger charge is 2.10. The maximum absolute atomic E-state index is 12.3. The van der Waals surface area contributed by atoms with Gasteiger partial charge in [0.25, 0.3) is 0 Å². The molecule has 0 atom stereocenters. The van der Waals surface area contributed by atoms with E-state index in [0.29, 0.717) is 11.1 Å². The molecule has 0 aliphatic heterocycles. The highest BCUT2D eigenvalue weighted by atomic mass is 35.5. The van der Waals surface area contributed by atoms with Crippen molar-refractivity contribution in [1.82, 2.24) is 9.62 Å². The van der Waals surface area contributed by atoms with Gasteiger partial charge in [-0.1, -0.05) is 48.0 Å². The Kier molecular flexibility index (Phi) is 7.41. The van der Waals surface area contributed by atoms with E-state index in [1.807, 2.05) is 24.3 Å². The van der Waals surface area contributed by atoms with Crippen LogP contribution in [0.4, 0.5) is 0 Å². The van der Waals surface area contributed by atoms with Crippen LogP contribution in [-0.2, 0) is 23.1 Å². The molecule has 0 aromatic heterocycles. The second-order valence-corrected chi connectivity index (χ2v) is 8.59. The van der Waals surface area contributed by atoms with Crippen LogP contribution in [0, 0.1) is 0 Å². The van der Waals surface area contributed by atoms with E-state index in [2.05, 4.69) is 30.5 Å². The van der Waals surface area contributed by atoms with Gasteiger partial charge in [0, 0.05) is 29.6 Å². The third-order valence-electron chi connectivity index (χ3n) is 4.19. The standard InChI is InChI=1S/C20H25ClN2O2S/c1-16(2)23(3)15-19-7-5-4-6-18(19)14-22-26(24,25)13-12-17-8-10-20(21)11-9-17/h4-13,16,22H,14-15H2,1-3H3/b13-12-. The van der Waals surface area contributed by atoms with E-state index < -0.39 is 10.0 Å². The fourth-order valence-electron chi connectivity index (χ4n) is 2.30. The van der Waals surface area contributed by atoms with Gasteiger partial charge in [0.1, 0.15) is 0 Å². The molecule has 0 spiro atoms. The van der Waals surface area contributed by atoms with Crippen LogP contribution in [0.2, 0.25) is 5.02 Å². The average Bonchev–Trinajstić information content (AvgIpc) is 2.60. The Morgan fingerprint density at radius 2 is 1.69 bits per heavy atom. The van der Waals surface area contributed by atoms with Crippen molar-refractivity contribution in [3.05, 3.63) is 75.7 Å². The van der Waals surface area contributed by atoms with E-state index >= 15 is 0 Å². The van der Waals surface area contributed by atoms with Crippen molar-refractivity contribution in [2.45, 2.75) is 33.0 Å². The summed E-state index contributed by atoms with van der Waals surface area (Å²) >= 11 is 5.83. The molecule has 26 heavy (non-hydrogen) atoms. The van der Waals surface area contributed by atoms with Crippen LogP contribution in [0.5, 0.6) is 0 Å². The fourth-order valence-corrected chi connectivity index (χ4v) is 3.22. The van der Waals surface area contributed by atoms with Crippen molar-refractivity contribution in [2.75, 3.05) is 7.05 Å². The predicted molar refractivity (Wildman–Crippen MR) is 109 cm³/mol. The molecule has 0 bridgehead atoms. The number of halogens is 1. The van der Waals surface area contributed by atoms with Crippen LogP contribution >= 0.6 is 11.6 Å². The molecule has 0 amide bonds. The smallest absolute Gasteiger partial charge is 0.234 e. The van der Waals surface area contributed by atoms with Crippen molar-refractivity contribution in [3.63, 3.8) is 0 Å². The predicted octanol–water partition coefficient (Wildman–Crippen LogP) is 4.27. The van der Waals surface area contributed by atoms with Gasteiger partial charge in [0.2, 0.25) is 10.0 Å². The molecule has 6 heteroatoms. The second kappa shape index (κ2) is 9.33. The molecular weight excluding hydrogens is 368 g/mol. The van der Waals surface area contributed by atoms with Crippen LogP contribution in [0.25, 0.3) is 6.08 Å². The average molecular weight is 393 g/mol. The third kappa shape index (κ3) is 6.57. The summed E-state index contributed by atoms with van der Waals surface area (Å²) in [5.41, 5.74) is 2.87. The summed E-state index contributed by atoms with van der Waals surface area (Å²) in [6.45, 7) is 5.30. The SMILES string of the molecule is CC(C)N(C)Cc1ccccc1CNS(=O)(=O)/C=C\c1ccc(Cl)cc1. The number of hydrogen-bond donors (Lipinski definition) is 1. The molecule has 0 aliphatic carbocycles. The highest BCUT2D eigenvalue weighted by molar-refractivity contribution is 7.92. The molecule has 2 aromatic rings. The lowest BCUT2D eigenvalue weighted by atomic mass is 10.1. The van der Waals surface area contributed by atoms with Gasteiger partial charge in [0.05, 0.1) is 0 Å². The Balaban J connectivity index is 2.04. The lowest BCUT2D eigenvalue weighted by Crippen LogP contribution is -2.27. The lowest BCUT2D eigenvalue weighted by molar-refractivity contribution is 0.265. The van der Waals surface area contributed by atoms with Gasteiger partial charge in [-0.2, -0.15) is 0 Å². The van der Waals surface area contributed by atoms with Gasteiger partial charge >= 0.3 is 0 Å². The summed E-state index contributed by atoms with van der Waals surface area (Å²) in [4.78, 5) is 2.22. The van der Waals surface area contributed by atoms with E-state index in [9.17, 15) is 8.42 Å². The van der Waals surface area contributed by atoms with Crippen molar-refractivity contribution in [1.29, 1.82) is 0 Å². The van der Waals surface area contributed by atoms with Crippen molar-refractivity contribution < 1.29 is 8.42 Å². The van der Waals surface area contributed by atoms with Crippen molar-refractivity contribution in [2.24, 2.45) is 0 Å². The first-order valence-electron chi connectivity index (χ1n) is 8.47. The van der Waals surface area contributed by atoms with Crippen LogP contribution in [0.1, 0.15) is 30.5 Å². The summed E-state index contributed by atoms with van der Waals surface area (Å²) in [5, 5.41) is 1.80. The minimum absolute atomic E-state index is 0.259. The molecule has 2 aromatic carbocycles. The summed E-state index contributed by atoms with van der Waals surface area (Å²) in [6, 6.07) is 15.3. The highest BCUT2D eigenvalue weighted by Crippen LogP contribution is 2.14. The largest absolute Gasteiger partial charge is 0.300 e. The Morgan fingerprint density at radius 3 is 2.31 bits per heavy atom. The maximum Gasteiger partial charge on any atom is 0.234 e. The van der Waals surface area contributed by atoms with Gasteiger partial charge in [0.15, 0.2) is 0 Å². The number of nitrogens with one attached hydrogen (secondary N) is 1. The summed E-state index contributed by atoms with van der Waals surface area (Å²) in [6.07, 6.45) is 1.55. The minimum atomic E-state index is -3.53. The Morgan fingerprint density at radius 1 is 1.08 bits per heavy atom. The Hall–Kier alpha value is -1.66. The van der Waals surface area contributed by atoms with E-state index in [1.54, 1.807) is 30.3 Å². The topological polar surface area (TPSA) is 49.4 Å². The van der Waals surface area contributed by atoms with Crippen molar-refractivity contribution in [3.8, 4) is 0 Å². The number of nitrogens with zero attached hydrogens (tertiary/aromatic N) is 1. The zero-order chi connectivity index (χ0) is 19.2. The van der Waals surface area contributed by atoms with Crippen molar-refractivity contribution >= 4 is 27.7 Å². The van der Waals surface area contributed by atoms with Crippen LogP contribution < -0.4 is 4.72 Å². The zero-order valence-corrected chi connectivity index (χ0v) is 16.9. The summed E-state index contributed by atoms with van der Waals surface area (Å²) in [5.74, 6) is 0. The van der Waals surface area contributed by atoms with Crippen LogP contribution in [-0.4, -0.2) is 26.4 Å². The van der Waals surface area contributed by atoms with Gasteiger partial charge in [-0.3, -0.25) is 4.90 Å². The van der Waals surface area contributed by atoms with Crippen LogP contribution in [0.3, 0.4) is 0 Å². The molecule has 0 radical (unpaired) electrons. The maximum atomic E-state index is 12.3. The number of rotatable bonds is 8. The lowest BCUT2D eigenvalue weighted by Gasteiger charge is -2.22. The molecular formula is C20H25ClN2O2S. The molecule has 0 saturated carbocycles. The Bertz CT molecular complexity index is 846. The molecule has 4 nitrogen and oxygen atoms in total. The molecule has 2 rings (SSSR count). The van der Waals surface area contributed by atoms with Crippen LogP contribution in [0.15, 0.2) is 53.9 Å². The first-order valence-corrected chi connectivity index (χ1v) is 10.4. The number of hydrogen-bond acceptors (Lipinski definition) is 3. The first-order chi connectivity index (χ1) is 12.3. The fraction of sp³-hybridized carbons (Fsp3) is 0.300. The van der Waals surface area contributed by atoms with Gasteiger partial charge in [-0.25, -0.2) is 13.1 Å². The van der Waals surface area contributed by atoms with E-state index in [4.69, 9.17) is 11.6 Å². The third-order valence-corrected chi connectivity index (χ3v) is 5.49. The number of benzene rings is 2. The molecule has 0 saturated heterocycles. The Labute approximate surface area is 161 Å². The molecule has 140 valence electrons.